The monoisotopic (exact) mass is 351 g/mol. The molecule has 1 aliphatic rings. The summed E-state index contributed by atoms with van der Waals surface area (Å²) in [5.41, 5.74) is 2.56. The fourth-order valence-electron chi connectivity index (χ4n) is 3.67. The fourth-order valence-corrected chi connectivity index (χ4v) is 3.67. The van der Waals surface area contributed by atoms with Gasteiger partial charge in [0.05, 0.1) is 5.92 Å². The van der Waals surface area contributed by atoms with Crippen molar-refractivity contribution in [2.24, 2.45) is 0 Å². The van der Waals surface area contributed by atoms with E-state index in [0.717, 1.165) is 39.1 Å². The molecule has 130 valence electrons. The smallest absolute Gasteiger partial charge is 0.236 e. The van der Waals surface area contributed by atoms with Gasteiger partial charge in [0, 0.05) is 16.8 Å². The zero-order chi connectivity index (χ0) is 18.2. The Labute approximate surface area is 157 Å². The first kappa shape index (κ1) is 15.6. The van der Waals surface area contributed by atoms with Crippen LogP contribution in [-0.4, -0.2) is 5.91 Å². The minimum absolute atomic E-state index is 0.0616. The van der Waals surface area contributed by atoms with Crippen molar-refractivity contribution in [3.63, 3.8) is 0 Å². The van der Waals surface area contributed by atoms with Crippen LogP contribution < -0.4 is 10.1 Å². The molecular formula is C24H17NO2. The van der Waals surface area contributed by atoms with Crippen molar-refractivity contribution in [2.45, 2.75) is 5.92 Å². The van der Waals surface area contributed by atoms with E-state index >= 15 is 0 Å². The Morgan fingerprint density at radius 3 is 2.00 bits per heavy atom. The molecule has 3 nitrogen and oxygen atoms in total. The lowest BCUT2D eigenvalue weighted by Gasteiger charge is -2.27. The highest BCUT2D eigenvalue weighted by atomic mass is 16.5. The molecule has 27 heavy (non-hydrogen) atoms. The van der Waals surface area contributed by atoms with Crippen LogP contribution in [0.4, 0.5) is 5.69 Å². The largest absolute Gasteiger partial charge is 0.457 e. The maximum absolute atomic E-state index is 13.3. The Balaban J connectivity index is 1.54. The standard InChI is InChI=1S/C24H17NO2/c26-24(25-18-14-13-16-7-1-2-8-17(16)15-18)23-19-9-3-5-11-21(19)27-22-12-6-4-10-20(22)23/h1-15,23H,(H,25,26). The number of hydrogen-bond acceptors (Lipinski definition) is 2. The van der Waals surface area contributed by atoms with Gasteiger partial charge in [-0.3, -0.25) is 4.79 Å². The third kappa shape index (κ3) is 2.74. The molecule has 4 aromatic rings. The maximum Gasteiger partial charge on any atom is 0.236 e. The second-order valence-corrected chi connectivity index (χ2v) is 6.66. The van der Waals surface area contributed by atoms with Gasteiger partial charge in [-0.2, -0.15) is 0 Å². The minimum Gasteiger partial charge on any atom is -0.457 e. The summed E-state index contributed by atoms with van der Waals surface area (Å²) in [5, 5.41) is 5.34. The van der Waals surface area contributed by atoms with Gasteiger partial charge in [-0.25, -0.2) is 0 Å². The minimum atomic E-state index is -0.405. The number of carbonyl (C=O) groups excluding carboxylic acids is 1. The van der Waals surface area contributed by atoms with E-state index in [1.54, 1.807) is 0 Å². The molecule has 4 aromatic carbocycles. The highest BCUT2D eigenvalue weighted by Crippen LogP contribution is 2.44. The number of anilines is 1. The highest BCUT2D eigenvalue weighted by molar-refractivity contribution is 6.01. The van der Waals surface area contributed by atoms with Crippen LogP contribution >= 0.6 is 0 Å². The molecule has 0 aromatic heterocycles. The first-order chi connectivity index (χ1) is 13.3. The molecule has 5 rings (SSSR count). The van der Waals surface area contributed by atoms with E-state index in [4.69, 9.17) is 4.74 Å². The Hall–Kier alpha value is -3.59. The number of hydrogen-bond donors (Lipinski definition) is 1. The SMILES string of the molecule is O=C(Nc1ccc2ccccc2c1)C1c2ccccc2Oc2ccccc21. The molecule has 0 fully saturated rings. The third-order valence-corrected chi connectivity index (χ3v) is 4.96. The lowest BCUT2D eigenvalue weighted by Crippen LogP contribution is -2.25. The molecule has 0 aliphatic carbocycles. The van der Waals surface area contributed by atoms with E-state index in [2.05, 4.69) is 11.4 Å². The molecule has 0 radical (unpaired) electrons. The summed E-state index contributed by atoms with van der Waals surface area (Å²) in [6, 6.07) is 29.5. The topological polar surface area (TPSA) is 38.3 Å². The first-order valence-corrected chi connectivity index (χ1v) is 8.95. The zero-order valence-corrected chi connectivity index (χ0v) is 14.6. The van der Waals surface area contributed by atoms with Gasteiger partial charge < -0.3 is 10.1 Å². The first-order valence-electron chi connectivity index (χ1n) is 8.95. The van der Waals surface area contributed by atoms with Crippen molar-refractivity contribution >= 4 is 22.4 Å². The van der Waals surface area contributed by atoms with E-state index in [-0.39, 0.29) is 5.91 Å². The number of benzene rings is 4. The highest BCUT2D eigenvalue weighted by Gasteiger charge is 2.32. The molecule has 3 heteroatoms. The Kier molecular flexibility index (Phi) is 3.65. The van der Waals surface area contributed by atoms with Crippen LogP contribution in [0.2, 0.25) is 0 Å². The van der Waals surface area contributed by atoms with Gasteiger partial charge in [-0.05, 0) is 35.0 Å². The van der Waals surface area contributed by atoms with Gasteiger partial charge in [0.25, 0.3) is 0 Å². The van der Waals surface area contributed by atoms with Gasteiger partial charge in [0.1, 0.15) is 11.5 Å². The fraction of sp³-hybridized carbons (Fsp3) is 0.0417. The van der Waals surface area contributed by atoms with E-state index in [9.17, 15) is 4.79 Å². The molecule has 0 saturated carbocycles. The quantitative estimate of drug-likeness (QED) is 0.502. The number of amides is 1. The van der Waals surface area contributed by atoms with E-state index < -0.39 is 5.92 Å². The number of rotatable bonds is 2. The van der Waals surface area contributed by atoms with Crippen LogP contribution in [0.5, 0.6) is 11.5 Å². The molecule has 0 spiro atoms. The summed E-state index contributed by atoms with van der Waals surface area (Å²) in [5.74, 6) is 0.996. The molecule has 1 amide bonds. The molecule has 0 unspecified atom stereocenters. The summed E-state index contributed by atoms with van der Waals surface area (Å²) in [6.07, 6.45) is 0. The van der Waals surface area contributed by atoms with Crippen molar-refractivity contribution in [3.05, 3.63) is 102 Å². The van der Waals surface area contributed by atoms with Gasteiger partial charge in [0.2, 0.25) is 5.91 Å². The van der Waals surface area contributed by atoms with E-state index in [1.807, 2.05) is 84.9 Å². The summed E-state index contributed by atoms with van der Waals surface area (Å²) in [7, 11) is 0. The predicted octanol–water partition coefficient (Wildman–Crippen LogP) is 5.72. The maximum atomic E-state index is 13.3. The van der Waals surface area contributed by atoms with E-state index in [0.29, 0.717) is 0 Å². The molecule has 1 heterocycles. The van der Waals surface area contributed by atoms with Crippen molar-refractivity contribution in [1.82, 2.24) is 0 Å². The summed E-state index contributed by atoms with van der Waals surface area (Å²) >= 11 is 0. The Morgan fingerprint density at radius 2 is 1.30 bits per heavy atom. The van der Waals surface area contributed by atoms with Gasteiger partial charge >= 0.3 is 0 Å². The summed E-state index contributed by atoms with van der Waals surface area (Å²) < 4.78 is 5.99. The molecule has 0 bridgehead atoms. The Bertz CT molecular complexity index is 1120. The van der Waals surface area contributed by atoms with Crippen LogP contribution in [0, 0.1) is 0 Å². The van der Waals surface area contributed by atoms with Gasteiger partial charge in [-0.1, -0.05) is 66.7 Å². The average Bonchev–Trinajstić information content (AvgIpc) is 2.71. The Morgan fingerprint density at radius 1 is 0.704 bits per heavy atom. The number of carbonyl (C=O) groups is 1. The number of ether oxygens (including phenoxy) is 1. The van der Waals surface area contributed by atoms with Crippen molar-refractivity contribution in [2.75, 3.05) is 5.32 Å². The lowest BCUT2D eigenvalue weighted by atomic mass is 9.87. The van der Waals surface area contributed by atoms with Crippen molar-refractivity contribution in [3.8, 4) is 11.5 Å². The van der Waals surface area contributed by atoms with Crippen molar-refractivity contribution in [1.29, 1.82) is 0 Å². The van der Waals surface area contributed by atoms with Crippen LogP contribution in [0.3, 0.4) is 0 Å². The zero-order valence-electron chi connectivity index (χ0n) is 14.6. The van der Waals surface area contributed by atoms with Crippen LogP contribution in [0.15, 0.2) is 91.0 Å². The summed E-state index contributed by atoms with van der Waals surface area (Å²) in [4.78, 5) is 13.3. The van der Waals surface area contributed by atoms with Gasteiger partial charge in [-0.15, -0.1) is 0 Å². The molecule has 1 N–H and O–H groups in total. The van der Waals surface area contributed by atoms with Gasteiger partial charge in [0.15, 0.2) is 0 Å². The third-order valence-electron chi connectivity index (χ3n) is 4.96. The molecule has 1 aliphatic heterocycles. The van der Waals surface area contributed by atoms with E-state index in [1.165, 1.54) is 0 Å². The number of nitrogens with one attached hydrogen (secondary N) is 1. The molecular weight excluding hydrogens is 334 g/mol. The van der Waals surface area contributed by atoms with Crippen LogP contribution in [0.1, 0.15) is 17.0 Å². The lowest BCUT2D eigenvalue weighted by molar-refractivity contribution is -0.116. The number of para-hydroxylation sites is 2. The second-order valence-electron chi connectivity index (χ2n) is 6.66. The molecule has 0 atom stereocenters. The van der Waals surface area contributed by atoms with Crippen LogP contribution in [0.25, 0.3) is 10.8 Å². The molecule has 0 saturated heterocycles. The second kappa shape index (κ2) is 6.29. The average molecular weight is 351 g/mol. The predicted molar refractivity (Wildman–Crippen MR) is 107 cm³/mol. The van der Waals surface area contributed by atoms with Crippen LogP contribution in [-0.2, 0) is 4.79 Å². The normalized spacial score (nSPS) is 12.7. The van der Waals surface area contributed by atoms with Crippen molar-refractivity contribution < 1.29 is 9.53 Å². The summed E-state index contributed by atoms with van der Waals surface area (Å²) in [6.45, 7) is 0. The number of fused-ring (bicyclic) bond motifs is 3.